The number of carbonyl (C=O) groups is 1. The lowest BCUT2D eigenvalue weighted by atomic mass is 9.95. The van der Waals surface area contributed by atoms with E-state index in [9.17, 15) is 4.79 Å². The van der Waals surface area contributed by atoms with Crippen LogP contribution in [0.1, 0.15) is 52.9 Å². The van der Waals surface area contributed by atoms with Crippen LogP contribution in [0.2, 0.25) is 0 Å². The maximum atomic E-state index is 12.5. The highest BCUT2D eigenvalue weighted by Gasteiger charge is 2.30. The molecule has 2 aliphatic heterocycles. The molecule has 0 aliphatic carbocycles. The summed E-state index contributed by atoms with van der Waals surface area (Å²) in [6.45, 7) is 4.43. The van der Waals surface area contributed by atoms with Crippen molar-refractivity contribution in [3.05, 3.63) is 35.3 Å². The summed E-state index contributed by atoms with van der Waals surface area (Å²) >= 11 is 0. The lowest BCUT2D eigenvalue weighted by Crippen LogP contribution is -2.38. The summed E-state index contributed by atoms with van der Waals surface area (Å²) in [6, 6.07) is 1.76. The second-order valence-corrected chi connectivity index (χ2v) is 6.19. The molecule has 4 rings (SSSR count). The Kier molecular flexibility index (Phi) is 3.24. The molecule has 0 bridgehead atoms. The Morgan fingerprint density at radius 3 is 2.82 bits per heavy atom. The highest BCUT2D eigenvalue weighted by Crippen LogP contribution is 2.30. The number of carbonyl (C=O) groups excluding carboxylic acids is 1. The van der Waals surface area contributed by atoms with E-state index in [1.165, 1.54) is 6.42 Å². The number of likely N-dealkylation sites (tertiary alicyclic amines) is 1. The molecule has 0 spiro atoms. The third-order valence-corrected chi connectivity index (χ3v) is 4.87. The first-order chi connectivity index (χ1) is 10.7. The van der Waals surface area contributed by atoms with E-state index in [1.807, 2.05) is 11.8 Å². The fourth-order valence-corrected chi connectivity index (χ4v) is 3.59. The number of fused-ring (bicyclic) bond motifs is 1. The Bertz CT molecular complexity index is 695. The number of hydrogen-bond donors (Lipinski definition) is 0. The van der Waals surface area contributed by atoms with Crippen molar-refractivity contribution in [1.29, 1.82) is 0 Å². The van der Waals surface area contributed by atoms with Gasteiger partial charge in [0.1, 0.15) is 17.4 Å². The maximum Gasteiger partial charge on any atom is 0.257 e. The first kappa shape index (κ1) is 13.5. The first-order valence-electron chi connectivity index (χ1n) is 7.99. The second kappa shape index (κ2) is 5.26. The van der Waals surface area contributed by atoms with Gasteiger partial charge in [0.05, 0.1) is 11.8 Å². The van der Waals surface area contributed by atoms with Crippen LogP contribution in [-0.4, -0.2) is 38.7 Å². The summed E-state index contributed by atoms with van der Waals surface area (Å²) in [7, 11) is 0. The van der Waals surface area contributed by atoms with Crippen LogP contribution in [0.4, 0.5) is 0 Å². The van der Waals surface area contributed by atoms with E-state index in [0.717, 1.165) is 50.5 Å². The zero-order chi connectivity index (χ0) is 15.1. The number of aromatic nitrogens is 3. The smallest absolute Gasteiger partial charge is 0.257 e. The van der Waals surface area contributed by atoms with Crippen molar-refractivity contribution in [2.75, 3.05) is 13.1 Å². The highest BCUT2D eigenvalue weighted by molar-refractivity contribution is 5.95. The molecule has 4 heterocycles. The van der Waals surface area contributed by atoms with Crippen LogP contribution in [0, 0.1) is 6.92 Å². The molecule has 6 nitrogen and oxygen atoms in total. The molecule has 1 amide bonds. The summed E-state index contributed by atoms with van der Waals surface area (Å²) in [5.74, 6) is 3.45. The molecule has 0 radical (unpaired) electrons. The van der Waals surface area contributed by atoms with Crippen LogP contribution in [0.25, 0.3) is 0 Å². The SMILES string of the molecule is Cc1occc1C(=O)N1CCC(c2nnc3n2CCC3)CC1. The summed E-state index contributed by atoms with van der Waals surface area (Å²) in [4.78, 5) is 14.4. The van der Waals surface area contributed by atoms with Crippen molar-refractivity contribution >= 4 is 5.91 Å². The number of amides is 1. The van der Waals surface area contributed by atoms with Crippen LogP contribution in [0.15, 0.2) is 16.7 Å². The van der Waals surface area contributed by atoms with Gasteiger partial charge in [-0.15, -0.1) is 10.2 Å². The predicted octanol–water partition coefficient (Wildman–Crippen LogP) is 2.15. The molecule has 0 unspecified atom stereocenters. The van der Waals surface area contributed by atoms with E-state index in [-0.39, 0.29) is 5.91 Å². The maximum absolute atomic E-state index is 12.5. The minimum atomic E-state index is 0.0798. The normalized spacial score (nSPS) is 18.7. The van der Waals surface area contributed by atoms with E-state index in [2.05, 4.69) is 14.8 Å². The van der Waals surface area contributed by atoms with Gasteiger partial charge in [-0.25, -0.2) is 0 Å². The molecule has 0 N–H and O–H groups in total. The van der Waals surface area contributed by atoms with Gasteiger partial charge in [-0.2, -0.15) is 0 Å². The molecule has 0 atom stereocenters. The van der Waals surface area contributed by atoms with Gasteiger partial charge in [-0.3, -0.25) is 4.79 Å². The van der Waals surface area contributed by atoms with Crippen LogP contribution < -0.4 is 0 Å². The molecule has 0 saturated carbocycles. The van der Waals surface area contributed by atoms with Gasteiger partial charge in [-0.1, -0.05) is 0 Å². The van der Waals surface area contributed by atoms with Gasteiger partial charge in [0.2, 0.25) is 0 Å². The molecule has 2 aliphatic rings. The average molecular weight is 300 g/mol. The van der Waals surface area contributed by atoms with E-state index in [1.54, 1.807) is 12.3 Å². The molecule has 1 saturated heterocycles. The topological polar surface area (TPSA) is 64.2 Å². The van der Waals surface area contributed by atoms with Crippen molar-refractivity contribution in [2.45, 2.75) is 45.1 Å². The number of hydrogen-bond acceptors (Lipinski definition) is 4. The molecule has 22 heavy (non-hydrogen) atoms. The minimum Gasteiger partial charge on any atom is -0.469 e. The van der Waals surface area contributed by atoms with E-state index in [4.69, 9.17) is 4.42 Å². The lowest BCUT2D eigenvalue weighted by Gasteiger charge is -2.31. The van der Waals surface area contributed by atoms with Crippen molar-refractivity contribution in [3.63, 3.8) is 0 Å². The van der Waals surface area contributed by atoms with Crippen molar-refractivity contribution < 1.29 is 9.21 Å². The van der Waals surface area contributed by atoms with E-state index >= 15 is 0 Å². The lowest BCUT2D eigenvalue weighted by molar-refractivity contribution is 0.0708. The first-order valence-corrected chi connectivity index (χ1v) is 7.99. The van der Waals surface area contributed by atoms with Crippen LogP contribution in [0.3, 0.4) is 0 Å². The highest BCUT2D eigenvalue weighted by atomic mass is 16.3. The van der Waals surface area contributed by atoms with Gasteiger partial charge < -0.3 is 13.9 Å². The summed E-state index contributed by atoms with van der Waals surface area (Å²) in [5, 5.41) is 8.69. The zero-order valence-corrected chi connectivity index (χ0v) is 12.8. The van der Waals surface area contributed by atoms with Crippen LogP contribution in [-0.2, 0) is 13.0 Å². The Balaban J connectivity index is 1.44. The standard InChI is InChI=1S/C16H20N4O2/c1-11-13(6-10-22-11)16(21)19-8-4-12(5-9-19)15-18-17-14-3-2-7-20(14)15/h6,10,12H,2-5,7-9H2,1H3. The van der Waals surface area contributed by atoms with Gasteiger partial charge >= 0.3 is 0 Å². The van der Waals surface area contributed by atoms with Crippen LogP contribution in [0.5, 0.6) is 0 Å². The average Bonchev–Trinajstić information content (AvgIpc) is 3.23. The van der Waals surface area contributed by atoms with Crippen LogP contribution >= 0.6 is 0 Å². The Morgan fingerprint density at radius 1 is 1.27 bits per heavy atom. The number of piperidine rings is 1. The monoisotopic (exact) mass is 300 g/mol. The molecule has 1 fully saturated rings. The number of furan rings is 1. The quantitative estimate of drug-likeness (QED) is 0.852. The Morgan fingerprint density at radius 2 is 2.09 bits per heavy atom. The number of rotatable bonds is 2. The minimum absolute atomic E-state index is 0.0798. The Labute approximate surface area is 129 Å². The third kappa shape index (κ3) is 2.14. The summed E-state index contributed by atoms with van der Waals surface area (Å²) < 4.78 is 7.52. The molecule has 2 aromatic heterocycles. The van der Waals surface area contributed by atoms with Crippen molar-refractivity contribution in [3.8, 4) is 0 Å². The third-order valence-electron chi connectivity index (χ3n) is 4.87. The Hall–Kier alpha value is -2.11. The van der Waals surface area contributed by atoms with E-state index in [0.29, 0.717) is 17.2 Å². The summed E-state index contributed by atoms with van der Waals surface area (Å²) in [5.41, 5.74) is 0.682. The summed E-state index contributed by atoms with van der Waals surface area (Å²) in [6.07, 6.45) is 5.72. The molecule has 0 aromatic carbocycles. The largest absolute Gasteiger partial charge is 0.469 e. The fraction of sp³-hybridized carbons (Fsp3) is 0.562. The molecular formula is C16H20N4O2. The van der Waals surface area contributed by atoms with Crippen molar-refractivity contribution in [2.24, 2.45) is 0 Å². The molecule has 116 valence electrons. The molecule has 6 heteroatoms. The van der Waals surface area contributed by atoms with Crippen molar-refractivity contribution in [1.82, 2.24) is 19.7 Å². The zero-order valence-electron chi connectivity index (χ0n) is 12.8. The predicted molar refractivity (Wildman–Crippen MR) is 79.7 cm³/mol. The van der Waals surface area contributed by atoms with Gasteiger partial charge in [0.25, 0.3) is 5.91 Å². The molecular weight excluding hydrogens is 280 g/mol. The number of aryl methyl sites for hydroxylation is 2. The number of nitrogens with zero attached hydrogens (tertiary/aromatic N) is 4. The van der Waals surface area contributed by atoms with E-state index < -0.39 is 0 Å². The second-order valence-electron chi connectivity index (χ2n) is 6.19. The van der Waals surface area contributed by atoms with Gasteiger partial charge in [0.15, 0.2) is 0 Å². The fourth-order valence-electron chi connectivity index (χ4n) is 3.59. The molecule has 2 aromatic rings. The van der Waals surface area contributed by atoms with Gasteiger partial charge in [-0.05, 0) is 32.3 Å². The van der Waals surface area contributed by atoms with Gasteiger partial charge in [0, 0.05) is 32.0 Å².